The Hall–Kier alpha value is -1.96. The molecule has 1 unspecified atom stereocenters. The molecule has 1 amide bonds. The average Bonchev–Trinajstić information content (AvgIpc) is 2.63. The van der Waals surface area contributed by atoms with E-state index < -0.39 is 12.0 Å². The van der Waals surface area contributed by atoms with E-state index in [2.05, 4.69) is 15.6 Å². The van der Waals surface area contributed by atoms with Gasteiger partial charge in [-0.25, -0.2) is 0 Å². The molecule has 8 nitrogen and oxygen atoms in total. The highest BCUT2D eigenvalue weighted by atomic mass is 16.4. The van der Waals surface area contributed by atoms with Crippen LogP contribution in [-0.2, 0) is 23.2 Å². The number of hydrogen-bond donors (Lipinski definition) is 2. The fraction of sp³-hybridized carbons (Fsp3) is 0.556. The molecule has 0 bridgehead atoms. The van der Waals surface area contributed by atoms with E-state index in [4.69, 9.17) is 5.11 Å². The number of hydrogen-bond acceptors (Lipinski definition) is 5. The highest BCUT2D eigenvalue weighted by Crippen LogP contribution is 2.08. The van der Waals surface area contributed by atoms with Crippen molar-refractivity contribution in [1.29, 1.82) is 0 Å². The van der Waals surface area contributed by atoms with Crippen LogP contribution in [0.25, 0.3) is 0 Å². The zero-order chi connectivity index (χ0) is 12.4. The molecule has 1 saturated heterocycles. The number of aliphatic carboxylic acids is 1. The minimum absolute atomic E-state index is 0.0630. The number of rotatable bonds is 3. The van der Waals surface area contributed by atoms with Crippen LogP contribution < -0.4 is 5.32 Å². The normalized spacial score (nSPS) is 21.2. The van der Waals surface area contributed by atoms with Crippen LogP contribution in [0.5, 0.6) is 0 Å². The molecule has 92 valence electrons. The van der Waals surface area contributed by atoms with Crippen LogP contribution in [-0.4, -0.2) is 56.0 Å². The van der Waals surface area contributed by atoms with Gasteiger partial charge < -0.3 is 10.4 Å². The van der Waals surface area contributed by atoms with Gasteiger partial charge >= 0.3 is 5.97 Å². The summed E-state index contributed by atoms with van der Waals surface area (Å²) in [6.07, 6.45) is 1.70. The first-order valence-electron chi connectivity index (χ1n) is 5.15. The standard InChI is InChI=1S/C9H13N5O3/c1-13-3-6(11-12-13)4-14-5-8(15)10-2-7(14)9(16)17/h3,7H,2,4-5H2,1H3,(H,10,15)(H,16,17). The third kappa shape index (κ3) is 2.59. The highest BCUT2D eigenvalue weighted by Gasteiger charge is 2.32. The van der Waals surface area contributed by atoms with Crippen molar-refractivity contribution in [3.05, 3.63) is 11.9 Å². The van der Waals surface area contributed by atoms with E-state index in [0.717, 1.165) is 0 Å². The number of amides is 1. The summed E-state index contributed by atoms with van der Waals surface area (Å²) in [6, 6.07) is -0.713. The van der Waals surface area contributed by atoms with Crippen LogP contribution in [0.3, 0.4) is 0 Å². The lowest BCUT2D eigenvalue weighted by Gasteiger charge is -2.31. The summed E-state index contributed by atoms with van der Waals surface area (Å²) in [5.41, 5.74) is 0.647. The molecular formula is C9H13N5O3. The summed E-state index contributed by atoms with van der Waals surface area (Å²) in [5.74, 6) is -1.12. The molecule has 0 saturated carbocycles. The second-order valence-corrected chi connectivity index (χ2v) is 3.95. The first-order chi connectivity index (χ1) is 8.06. The van der Waals surface area contributed by atoms with E-state index >= 15 is 0 Å². The molecule has 0 spiro atoms. The number of nitrogens with zero attached hydrogens (tertiary/aromatic N) is 4. The van der Waals surface area contributed by atoms with Gasteiger partial charge in [0.1, 0.15) is 6.04 Å². The monoisotopic (exact) mass is 239 g/mol. The molecule has 1 atom stereocenters. The fourth-order valence-electron chi connectivity index (χ4n) is 1.78. The van der Waals surface area contributed by atoms with Gasteiger partial charge in [0.15, 0.2) is 0 Å². The van der Waals surface area contributed by atoms with Gasteiger partial charge in [0.05, 0.1) is 12.2 Å². The number of aryl methyl sites for hydroxylation is 1. The van der Waals surface area contributed by atoms with Gasteiger partial charge in [-0.1, -0.05) is 5.21 Å². The minimum atomic E-state index is -0.950. The lowest BCUT2D eigenvalue weighted by molar-refractivity contribution is -0.146. The third-order valence-electron chi connectivity index (χ3n) is 2.58. The molecule has 1 aliphatic rings. The number of carboxylic acids is 1. The topological polar surface area (TPSA) is 100 Å². The number of carboxylic acid groups (broad SMARTS) is 1. The van der Waals surface area contributed by atoms with Crippen LogP contribution >= 0.6 is 0 Å². The van der Waals surface area contributed by atoms with Crippen LogP contribution in [0.1, 0.15) is 5.69 Å². The Morgan fingerprint density at radius 2 is 2.47 bits per heavy atom. The van der Waals surface area contributed by atoms with Crippen molar-refractivity contribution in [1.82, 2.24) is 25.2 Å². The largest absolute Gasteiger partial charge is 0.480 e. The average molecular weight is 239 g/mol. The predicted molar refractivity (Wildman–Crippen MR) is 55.8 cm³/mol. The molecule has 2 rings (SSSR count). The maximum absolute atomic E-state index is 11.3. The first-order valence-corrected chi connectivity index (χ1v) is 5.15. The Kier molecular flexibility index (Phi) is 3.05. The van der Waals surface area contributed by atoms with Crippen LogP contribution in [0.15, 0.2) is 6.20 Å². The number of carbonyl (C=O) groups excluding carboxylic acids is 1. The summed E-state index contributed by atoms with van der Waals surface area (Å²) < 4.78 is 1.54. The third-order valence-corrected chi connectivity index (χ3v) is 2.58. The Balaban J connectivity index is 2.09. The second-order valence-electron chi connectivity index (χ2n) is 3.95. The summed E-state index contributed by atoms with van der Waals surface area (Å²) in [7, 11) is 1.73. The maximum atomic E-state index is 11.3. The Morgan fingerprint density at radius 3 is 3.06 bits per heavy atom. The SMILES string of the molecule is Cn1cc(CN2CC(=O)NCC2C(=O)O)nn1. The molecule has 1 aromatic heterocycles. The second kappa shape index (κ2) is 4.50. The summed E-state index contributed by atoms with van der Waals surface area (Å²) in [5, 5.41) is 19.2. The van der Waals surface area contributed by atoms with E-state index in [1.54, 1.807) is 18.1 Å². The summed E-state index contributed by atoms with van der Waals surface area (Å²) in [4.78, 5) is 23.9. The molecule has 1 aromatic rings. The lowest BCUT2D eigenvalue weighted by atomic mass is 10.2. The van der Waals surface area contributed by atoms with Crippen molar-refractivity contribution in [3.63, 3.8) is 0 Å². The molecule has 0 aliphatic carbocycles. The molecule has 8 heteroatoms. The molecule has 1 aliphatic heterocycles. The lowest BCUT2D eigenvalue weighted by Crippen LogP contribution is -2.56. The fourth-order valence-corrected chi connectivity index (χ4v) is 1.78. The van der Waals surface area contributed by atoms with E-state index in [0.29, 0.717) is 12.2 Å². The zero-order valence-electron chi connectivity index (χ0n) is 9.33. The van der Waals surface area contributed by atoms with Gasteiger partial charge in [-0.15, -0.1) is 5.10 Å². The highest BCUT2D eigenvalue weighted by molar-refractivity contribution is 5.83. The molecule has 0 aromatic carbocycles. The van der Waals surface area contributed by atoms with Crippen molar-refractivity contribution in [2.45, 2.75) is 12.6 Å². The van der Waals surface area contributed by atoms with Gasteiger partial charge in [0.25, 0.3) is 0 Å². The Labute approximate surface area is 97.2 Å². The summed E-state index contributed by atoms with van der Waals surface area (Å²) in [6.45, 7) is 0.486. The molecule has 1 fully saturated rings. The van der Waals surface area contributed by atoms with Crippen molar-refractivity contribution in [3.8, 4) is 0 Å². The van der Waals surface area contributed by atoms with Gasteiger partial charge in [-0.05, 0) is 0 Å². The zero-order valence-corrected chi connectivity index (χ0v) is 9.33. The van der Waals surface area contributed by atoms with Gasteiger partial charge in [0.2, 0.25) is 5.91 Å². The molecule has 2 heterocycles. The van der Waals surface area contributed by atoms with Crippen molar-refractivity contribution in [2.24, 2.45) is 7.05 Å². The molecule has 2 N–H and O–H groups in total. The van der Waals surface area contributed by atoms with Crippen LogP contribution in [0.4, 0.5) is 0 Å². The van der Waals surface area contributed by atoms with E-state index in [9.17, 15) is 9.59 Å². The van der Waals surface area contributed by atoms with E-state index in [1.165, 1.54) is 4.68 Å². The Bertz CT molecular complexity index is 444. The van der Waals surface area contributed by atoms with Crippen molar-refractivity contribution >= 4 is 11.9 Å². The number of piperazine rings is 1. The van der Waals surface area contributed by atoms with Crippen molar-refractivity contribution < 1.29 is 14.7 Å². The number of aromatic nitrogens is 3. The van der Waals surface area contributed by atoms with E-state index in [-0.39, 0.29) is 19.0 Å². The van der Waals surface area contributed by atoms with Crippen molar-refractivity contribution in [2.75, 3.05) is 13.1 Å². The summed E-state index contributed by atoms with van der Waals surface area (Å²) >= 11 is 0. The maximum Gasteiger partial charge on any atom is 0.322 e. The minimum Gasteiger partial charge on any atom is -0.480 e. The number of carbonyl (C=O) groups is 2. The van der Waals surface area contributed by atoms with E-state index in [1.807, 2.05) is 0 Å². The first kappa shape index (κ1) is 11.5. The smallest absolute Gasteiger partial charge is 0.322 e. The van der Waals surface area contributed by atoms with Gasteiger partial charge in [-0.3, -0.25) is 19.2 Å². The van der Waals surface area contributed by atoms with Crippen LogP contribution in [0.2, 0.25) is 0 Å². The molecular weight excluding hydrogens is 226 g/mol. The van der Waals surface area contributed by atoms with Crippen LogP contribution in [0, 0.1) is 0 Å². The predicted octanol–water partition coefficient (Wildman–Crippen LogP) is -1.80. The molecule has 17 heavy (non-hydrogen) atoms. The Morgan fingerprint density at radius 1 is 1.71 bits per heavy atom. The van der Waals surface area contributed by atoms with Gasteiger partial charge in [-0.2, -0.15) is 0 Å². The van der Waals surface area contributed by atoms with Gasteiger partial charge in [0, 0.05) is 26.3 Å². The quantitative estimate of drug-likeness (QED) is 0.645. The molecule has 0 radical (unpaired) electrons. The number of nitrogens with one attached hydrogen (secondary N) is 1.